The second-order valence-corrected chi connectivity index (χ2v) is 28.8. The van der Waals surface area contributed by atoms with Gasteiger partial charge in [-0.1, -0.05) is 350 Å². The number of hydrogen-bond acceptors (Lipinski definition) is 8. The smallest absolute Gasteiger partial charge is 0.306 e. The van der Waals surface area contributed by atoms with Crippen molar-refractivity contribution in [2.75, 3.05) is 47.5 Å². The van der Waals surface area contributed by atoms with E-state index in [0.29, 0.717) is 17.4 Å². The Morgan fingerprint density at radius 3 is 0.956 bits per heavy atom. The van der Waals surface area contributed by atoms with E-state index in [4.69, 9.17) is 18.5 Å². The Kier molecular flexibility index (Phi) is 68.8. The van der Waals surface area contributed by atoms with Crippen LogP contribution in [0.2, 0.25) is 0 Å². The maximum absolute atomic E-state index is 12.9. The standard InChI is InChI=1S/C80H148NO8P/c1-6-8-10-12-14-16-18-20-22-24-26-28-30-32-34-35-36-37-38-39-40-41-42-43-44-45-47-49-51-53-55-57-59-61-63-65-67-69-71-73-80(83)89-78(77-88-90(84,85)87-75-74-81(3,4)5)76-86-79(82)72-70-68-66-64-62-60-58-56-54-52-50-48-46-33-31-29-27-25-23-21-19-17-15-13-11-9-7-2/h8,10,14,16,20,22,25-28,32,34,78H,6-7,9,11-13,15,17-19,21,23-24,29-31,33,35-77H2,1-5H3/b10-8-,16-14-,22-20-,27-25-,28-26-,34-32-. The molecule has 2 unspecified atom stereocenters. The molecule has 0 aliphatic carbocycles. The van der Waals surface area contributed by atoms with E-state index < -0.39 is 26.5 Å². The molecule has 90 heavy (non-hydrogen) atoms. The van der Waals surface area contributed by atoms with Gasteiger partial charge in [0, 0.05) is 12.8 Å². The summed E-state index contributed by atoms with van der Waals surface area (Å²) >= 11 is 0. The van der Waals surface area contributed by atoms with Crippen molar-refractivity contribution in [2.45, 2.75) is 380 Å². The summed E-state index contributed by atoms with van der Waals surface area (Å²) in [5, 5.41) is 0. The van der Waals surface area contributed by atoms with Crippen LogP contribution in [0.25, 0.3) is 0 Å². The van der Waals surface area contributed by atoms with E-state index in [9.17, 15) is 19.0 Å². The Morgan fingerprint density at radius 2 is 0.633 bits per heavy atom. The number of phosphoric acid groups is 1. The molecule has 0 spiro atoms. The number of ether oxygens (including phenoxy) is 2. The van der Waals surface area contributed by atoms with E-state index >= 15 is 0 Å². The molecule has 9 nitrogen and oxygen atoms in total. The summed E-state index contributed by atoms with van der Waals surface area (Å²) in [5.41, 5.74) is 0. The molecule has 10 heteroatoms. The number of carbonyl (C=O) groups excluding carboxylic acids is 2. The Morgan fingerprint density at radius 1 is 0.356 bits per heavy atom. The van der Waals surface area contributed by atoms with Gasteiger partial charge in [0.2, 0.25) is 0 Å². The predicted octanol–water partition coefficient (Wildman–Crippen LogP) is 24.9. The molecule has 0 saturated heterocycles. The number of allylic oxidation sites excluding steroid dienone is 12. The SMILES string of the molecule is CC/C=C\C/C=C\C/C=C\C/C=C\C/C=C\CCCCCCCCCCCCCCCCCCCCCCCCCC(=O)OC(COC(=O)CCCCCCCCCCCCCCCCC/C=C\CCCCCCCCCC)COP(=O)([O-])OCC[N+](C)(C)C. The highest BCUT2D eigenvalue weighted by Gasteiger charge is 2.22. The van der Waals surface area contributed by atoms with E-state index in [1.165, 1.54) is 276 Å². The number of carbonyl (C=O) groups is 2. The largest absolute Gasteiger partial charge is 0.756 e. The zero-order valence-electron chi connectivity index (χ0n) is 60.1. The molecular formula is C80H148NO8P. The molecule has 0 heterocycles. The number of unbranched alkanes of at least 4 members (excludes halogenated alkanes) is 46. The minimum Gasteiger partial charge on any atom is -0.756 e. The van der Waals surface area contributed by atoms with Gasteiger partial charge < -0.3 is 27.9 Å². The third-order valence-electron chi connectivity index (χ3n) is 17.2. The van der Waals surface area contributed by atoms with Crippen molar-refractivity contribution in [1.29, 1.82) is 0 Å². The highest BCUT2D eigenvalue weighted by Crippen LogP contribution is 2.38. The molecule has 0 aromatic heterocycles. The van der Waals surface area contributed by atoms with Crippen molar-refractivity contribution in [1.82, 2.24) is 0 Å². The molecule has 0 saturated carbocycles. The normalized spacial score (nSPS) is 13.4. The van der Waals surface area contributed by atoms with E-state index in [1.807, 2.05) is 21.1 Å². The molecule has 0 aromatic rings. The van der Waals surface area contributed by atoms with Crippen LogP contribution in [0.4, 0.5) is 0 Å². The Balaban J connectivity index is 3.93. The zero-order valence-corrected chi connectivity index (χ0v) is 61.0. The summed E-state index contributed by atoms with van der Waals surface area (Å²) in [6.45, 7) is 4.19. The van der Waals surface area contributed by atoms with Gasteiger partial charge >= 0.3 is 11.9 Å². The van der Waals surface area contributed by atoms with Crippen LogP contribution in [0, 0.1) is 0 Å². The lowest BCUT2D eigenvalue weighted by Crippen LogP contribution is -2.37. The first-order valence-electron chi connectivity index (χ1n) is 38.6. The van der Waals surface area contributed by atoms with Gasteiger partial charge in [0.1, 0.15) is 19.8 Å². The summed E-state index contributed by atoms with van der Waals surface area (Å²) in [6, 6.07) is 0. The second kappa shape index (κ2) is 70.8. The highest BCUT2D eigenvalue weighted by molar-refractivity contribution is 7.45. The van der Waals surface area contributed by atoms with E-state index in [2.05, 4.69) is 86.8 Å². The first kappa shape index (κ1) is 87.5. The predicted molar refractivity (Wildman–Crippen MR) is 388 cm³/mol. The van der Waals surface area contributed by atoms with E-state index in [-0.39, 0.29) is 32.0 Å². The molecule has 0 amide bonds. The highest BCUT2D eigenvalue weighted by atomic mass is 31.2. The molecule has 0 aliphatic rings. The third kappa shape index (κ3) is 74.5. The summed E-state index contributed by atoms with van der Waals surface area (Å²) in [7, 11) is 1.18. The number of rotatable bonds is 72. The van der Waals surface area contributed by atoms with Crippen molar-refractivity contribution in [3.05, 3.63) is 72.9 Å². The maximum Gasteiger partial charge on any atom is 0.306 e. The zero-order chi connectivity index (χ0) is 65.5. The Bertz CT molecular complexity index is 1750. The molecule has 0 rings (SSSR count). The Labute approximate surface area is 559 Å². The average Bonchev–Trinajstić information content (AvgIpc) is 3.58. The van der Waals surface area contributed by atoms with Crippen LogP contribution in [-0.4, -0.2) is 70.0 Å². The lowest BCUT2D eigenvalue weighted by atomic mass is 10.0. The summed E-state index contributed by atoms with van der Waals surface area (Å²) in [5.74, 6) is -0.813. The lowest BCUT2D eigenvalue weighted by molar-refractivity contribution is -0.870. The number of phosphoric ester groups is 1. The van der Waals surface area contributed by atoms with Crippen molar-refractivity contribution < 1.29 is 42.1 Å². The molecule has 526 valence electrons. The first-order chi connectivity index (χ1) is 44.0. The van der Waals surface area contributed by atoms with Crippen LogP contribution in [0.15, 0.2) is 72.9 Å². The fraction of sp³-hybridized carbons (Fsp3) is 0.825. The van der Waals surface area contributed by atoms with Gasteiger partial charge in [-0.2, -0.15) is 0 Å². The molecule has 0 aromatic carbocycles. The van der Waals surface area contributed by atoms with Crippen molar-refractivity contribution in [2.24, 2.45) is 0 Å². The van der Waals surface area contributed by atoms with Gasteiger partial charge in [0.05, 0.1) is 27.7 Å². The summed E-state index contributed by atoms with van der Waals surface area (Å²) in [4.78, 5) is 38.1. The van der Waals surface area contributed by atoms with Crippen molar-refractivity contribution >= 4 is 19.8 Å². The lowest BCUT2D eigenvalue weighted by Gasteiger charge is -2.28. The monoisotopic (exact) mass is 1280 g/mol. The van der Waals surface area contributed by atoms with Gasteiger partial charge in [-0.15, -0.1) is 0 Å². The van der Waals surface area contributed by atoms with Crippen LogP contribution in [0.1, 0.15) is 373 Å². The van der Waals surface area contributed by atoms with Gasteiger partial charge in [-0.05, 0) is 83.5 Å². The minimum atomic E-state index is -4.64. The van der Waals surface area contributed by atoms with Crippen LogP contribution >= 0.6 is 7.82 Å². The summed E-state index contributed by atoms with van der Waals surface area (Å²) < 4.78 is 34.4. The molecule has 2 atom stereocenters. The minimum absolute atomic E-state index is 0.0291. The average molecular weight is 1280 g/mol. The van der Waals surface area contributed by atoms with Crippen LogP contribution in [0.3, 0.4) is 0 Å². The first-order valence-corrected chi connectivity index (χ1v) is 40.1. The summed E-state index contributed by atoms with van der Waals surface area (Å²) in [6.07, 6.45) is 95.9. The van der Waals surface area contributed by atoms with Crippen molar-refractivity contribution in [3.63, 3.8) is 0 Å². The van der Waals surface area contributed by atoms with Crippen molar-refractivity contribution in [3.8, 4) is 0 Å². The number of quaternary nitrogens is 1. The molecule has 0 aliphatic heterocycles. The van der Waals surface area contributed by atoms with Gasteiger partial charge in [-0.3, -0.25) is 14.2 Å². The van der Waals surface area contributed by atoms with E-state index in [1.54, 1.807) is 0 Å². The van der Waals surface area contributed by atoms with Gasteiger partial charge in [-0.25, -0.2) is 0 Å². The second-order valence-electron chi connectivity index (χ2n) is 27.3. The van der Waals surface area contributed by atoms with Gasteiger partial charge in [0.15, 0.2) is 6.10 Å². The van der Waals surface area contributed by atoms with Crippen LogP contribution in [0.5, 0.6) is 0 Å². The maximum atomic E-state index is 12.9. The molecule has 0 N–H and O–H groups in total. The number of hydrogen-bond donors (Lipinski definition) is 0. The quantitative estimate of drug-likeness (QED) is 0.0195. The molecular weight excluding hydrogens is 1130 g/mol. The van der Waals surface area contributed by atoms with Crippen LogP contribution in [-0.2, 0) is 32.7 Å². The Hall–Kier alpha value is -2.55. The molecule has 0 radical (unpaired) electrons. The molecule has 0 fully saturated rings. The number of esters is 2. The fourth-order valence-corrected chi connectivity index (χ4v) is 12.1. The molecule has 0 bridgehead atoms. The number of nitrogens with zero attached hydrogens (tertiary/aromatic N) is 1. The topological polar surface area (TPSA) is 111 Å². The van der Waals surface area contributed by atoms with Gasteiger partial charge in [0.25, 0.3) is 7.82 Å². The third-order valence-corrected chi connectivity index (χ3v) is 18.2. The fourth-order valence-electron chi connectivity index (χ4n) is 11.3. The van der Waals surface area contributed by atoms with Crippen LogP contribution < -0.4 is 4.89 Å². The number of likely N-dealkylation sites (N-methyl/N-ethyl adjacent to an activating group) is 1. The van der Waals surface area contributed by atoms with E-state index in [0.717, 1.165) is 64.2 Å².